The van der Waals surface area contributed by atoms with Crippen LogP contribution in [0.3, 0.4) is 0 Å². The molecule has 1 unspecified atom stereocenters. The quantitative estimate of drug-likeness (QED) is 0.864. The second-order valence-corrected chi connectivity index (χ2v) is 4.51. The summed E-state index contributed by atoms with van der Waals surface area (Å²) in [4.78, 5) is 0. The number of phenols is 1. The second kappa shape index (κ2) is 5.75. The predicted octanol–water partition coefficient (Wildman–Crippen LogP) is 1.99. The highest BCUT2D eigenvalue weighted by atomic mass is 16.5. The van der Waals surface area contributed by atoms with Gasteiger partial charge in [0.25, 0.3) is 0 Å². The first-order chi connectivity index (χ1) is 9.10. The maximum absolute atomic E-state index is 9.89. The summed E-state index contributed by atoms with van der Waals surface area (Å²) in [5.74, 6) is 1.00. The lowest BCUT2D eigenvalue weighted by Gasteiger charge is -2.15. The predicted molar refractivity (Wildman–Crippen MR) is 73.1 cm³/mol. The zero-order valence-electron chi connectivity index (χ0n) is 11.4. The van der Waals surface area contributed by atoms with Crippen LogP contribution in [-0.4, -0.2) is 22.0 Å². The van der Waals surface area contributed by atoms with Crippen molar-refractivity contribution in [3.05, 3.63) is 41.7 Å². The van der Waals surface area contributed by atoms with E-state index in [1.54, 1.807) is 23.9 Å². The van der Waals surface area contributed by atoms with E-state index in [0.29, 0.717) is 6.54 Å². The number of aromatic hydroxyl groups is 1. The highest BCUT2D eigenvalue weighted by Gasteiger charge is 2.11. The number of nitrogens with zero attached hydrogens (tertiary/aromatic N) is 2. The molecule has 0 bridgehead atoms. The fourth-order valence-corrected chi connectivity index (χ4v) is 1.93. The van der Waals surface area contributed by atoms with Crippen LogP contribution in [-0.2, 0) is 13.6 Å². The number of rotatable bonds is 5. The summed E-state index contributed by atoms with van der Waals surface area (Å²) in [6, 6.07) is 7.20. The molecule has 0 spiro atoms. The third-order valence-electron chi connectivity index (χ3n) is 3.06. The van der Waals surface area contributed by atoms with E-state index >= 15 is 0 Å². The Bertz CT molecular complexity index is 551. The first-order valence-corrected chi connectivity index (χ1v) is 6.19. The van der Waals surface area contributed by atoms with Crippen LogP contribution in [0, 0.1) is 0 Å². The second-order valence-electron chi connectivity index (χ2n) is 4.51. The molecule has 0 fully saturated rings. The maximum atomic E-state index is 9.89. The number of nitrogens with one attached hydrogen (secondary N) is 1. The van der Waals surface area contributed by atoms with Crippen molar-refractivity contribution in [1.29, 1.82) is 0 Å². The lowest BCUT2D eigenvalue weighted by Crippen LogP contribution is -2.18. The average molecular weight is 261 g/mol. The number of aryl methyl sites for hydroxylation is 1. The van der Waals surface area contributed by atoms with Crippen LogP contribution in [0.15, 0.2) is 30.5 Å². The third kappa shape index (κ3) is 3.26. The van der Waals surface area contributed by atoms with Gasteiger partial charge in [-0.1, -0.05) is 0 Å². The van der Waals surface area contributed by atoms with Crippen LogP contribution in [0.4, 0.5) is 0 Å². The largest absolute Gasteiger partial charge is 0.508 e. The molecule has 0 saturated carbocycles. The van der Waals surface area contributed by atoms with Gasteiger partial charge in [0.1, 0.15) is 11.5 Å². The number of benzene rings is 1. The van der Waals surface area contributed by atoms with Crippen molar-refractivity contribution >= 4 is 0 Å². The van der Waals surface area contributed by atoms with E-state index in [2.05, 4.69) is 10.4 Å². The molecule has 0 radical (unpaired) electrons. The lowest BCUT2D eigenvalue weighted by molar-refractivity contribution is 0.407. The van der Waals surface area contributed by atoms with E-state index in [4.69, 9.17) is 4.74 Å². The highest BCUT2D eigenvalue weighted by Crippen LogP contribution is 2.28. The SMILES string of the molecule is COc1ccc(O)c(C(C)NCc2ccn(C)n2)c1. The number of ether oxygens (including phenoxy) is 1. The Labute approximate surface area is 112 Å². The minimum absolute atomic E-state index is 0.0112. The van der Waals surface area contributed by atoms with Gasteiger partial charge in [0.15, 0.2) is 0 Å². The molecule has 2 N–H and O–H groups in total. The molecule has 102 valence electrons. The van der Waals surface area contributed by atoms with E-state index in [9.17, 15) is 5.11 Å². The van der Waals surface area contributed by atoms with E-state index in [1.807, 2.05) is 32.3 Å². The summed E-state index contributed by atoms with van der Waals surface area (Å²) in [6.45, 7) is 2.65. The van der Waals surface area contributed by atoms with Gasteiger partial charge in [0.2, 0.25) is 0 Å². The monoisotopic (exact) mass is 261 g/mol. The first kappa shape index (κ1) is 13.4. The molecule has 1 aromatic heterocycles. The summed E-state index contributed by atoms with van der Waals surface area (Å²) in [7, 11) is 3.50. The fourth-order valence-electron chi connectivity index (χ4n) is 1.93. The van der Waals surface area contributed by atoms with E-state index in [0.717, 1.165) is 17.0 Å². The molecular weight excluding hydrogens is 242 g/mol. The first-order valence-electron chi connectivity index (χ1n) is 6.19. The molecule has 2 rings (SSSR count). The van der Waals surface area contributed by atoms with Crippen molar-refractivity contribution in [1.82, 2.24) is 15.1 Å². The zero-order valence-corrected chi connectivity index (χ0v) is 11.4. The summed E-state index contributed by atoms with van der Waals surface area (Å²) < 4.78 is 6.94. The molecule has 1 aromatic carbocycles. The third-order valence-corrected chi connectivity index (χ3v) is 3.06. The Morgan fingerprint density at radius 3 is 2.84 bits per heavy atom. The maximum Gasteiger partial charge on any atom is 0.120 e. The van der Waals surface area contributed by atoms with E-state index in [-0.39, 0.29) is 11.8 Å². The van der Waals surface area contributed by atoms with Crippen LogP contribution in [0.25, 0.3) is 0 Å². The minimum atomic E-state index is 0.0112. The average Bonchev–Trinajstić information content (AvgIpc) is 2.82. The van der Waals surface area contributed by atoms with Gasteiger partial charge in [0, 0.05) is 31.4 Å². The molecule has 0 amide bonds. The Hall–Kier alpha value is -2.01. The molecule has 5 heteroatoms. The van der Waals surface area contributed by atoms with Gasteiger partial charge in [-0.3, -0.25) is 4.68 Å². The Kier molecular flexibility index (Phi) is 4.06. The summed E-state index contributed by atoms with van der Waals surface area (Å²) in [5, 5.41) is 17.5. The zero-order chi connectivity index (χ0) is 13.8. The molecule has 1 atom stereocenters. The minimum Gasteiger partial charge on any atom is -0.508 e. The number of methoxy groups -OCH3 is 1. The molecule has 0 aliphatic heterocycles. The Morgan fingerprint density at radius 2 is 2.21 bits per heavy atom. The molecule has 19 heavy (non-hydrogen) atoms. The van der Waals surface area contributed by atoms with Crippen LogP contribution in [0.5, 0.6) is 11.5 Å². The van der Waals surface area contributed by atoms with Crippen LogP contribution in [0.1, 0.15) is 24.2 Å². The number of hydrogen-bond acceptors (Lipinski definition) is 4. The van der Waals surface area contributed by atoms with Crippen molar-refractivity contribution in [3.8, 4) is 11.5 Å². The van der Waals surface area contributed by atoms with E-state index in [1.165, 1.54) is 0 Å². The van der Waals surface area contributed by atoms with Crippen molar-refractivity contribution in [2.45, 2.75) is 19.5 Å². The lowest BCUT2D eigenvalue weighted by atomic mass is 10.1. The highest BCUT2D eigenvalue weighted by molar-refractivity contribution is 5.41. The molecule has 1 heterocycles. The van der Waals surface area contributed by atoms with Crippen molar-refractivity contribution in [2.24, 2.45) is 7.05 Å². The molecule has 5 nitrogen and oxygen atoms in total. The molecule has 0 aliphatic rings. The van der Waals surface area contributed by atoms with Gasteiger partial charge < -0.3 is 15.2 Å². The van der Waals surface area contributed by atoms with Gasteiger partial charge >= 0.3 is 0 Å². The molecular formula is C14H19N3O2. The van der Waals surface area contributed by atoms with Crippen molar-refractivity contribution in [3.63, 3.8) is 0 Å². The molecule has 0 saturated heterocycles. The molecule has 0 aliphatic carbocycles. The van der Waals surface area contributed by atoms with Gasteiger partial charge in [-0.05, 0) is 31.2 Å². The van der Waals surface area contributed by atoms with Crippen LogP contribution in [0.2, 0.25) is 0 Å². The van der Waals surface area contributed by atoms with Gasteiger partial charge in [-0.25, -0.2) is 0 Å². The fraction of sp³-hybridized carbons (Fsp3) is 0.357. The van der Waals surface area contributed by atoms with Gasteiger partial charge in [-0.15, -0.1) is 0 Å². The Balaban J connectivity index is 2.04. The van der Waals surface area contributed by atoms with Crippen molar-refractivity contribution < 1.29 is 9.84 Å². The van der Waals surface area contributed by atoms with Gasteiger partial charge in [0.05, 0.1) is 12.8 Å². The van der Waals surface area contributed by atoms with E-state index < -0.39 is 0 Å². The number of aromatic nitrogens is 2. The Morgan fingerprint density at radius 1 is 1.42 bits per heavy atom. The number of phenolic OH excluding ortho intramolecular Hbond substituents is 1. The van der Waals surface area contributed by atoms with Crippen LogP contribution >= 0.6 is 0 Å². The van der Waals surface area contributed by atoms with Gasteiger partial charge in [-0.2, -0.15) is 5.10 Å². The number of hydrogen-bond donors (Lipinski definition) is 2. The molecule has 2 aromatic rings. The normalized spacial score (nSPS) is 12.4. The van der Waals surface area contributed by atoms with Crippen molar-refractivity contribution in [2.75, 3.05) is 7.11 Å². The standard InChI is InChI=1S/C14H19N3O2/c1-10(15-9-11-6-7-17(2)16-11)13-8-12(19-3)4-5-14(13)18/h4-8,10,15,18H,9H2,1-3H3. The summed E-state index contributed by atoms with van der Waals surface area (Å²) >= 11 is 0. The summed E-state index contributed by atoms with van der Waals surface area (Å²) in [5.41, 5.74) is 1.78. The smallest absolute Gasteiger partial charge is 0.120 e. The van der Waals surface area contributed by atoms with Crippen LogP contribution < -0.4 is 10.1 Å². The summed E-state index contributed by atoms with van der Waals surface area (Å²) in [6.07, 6.45) is 1.91. The topological polar surface area (TPSA) is 59.3 Å².